The van der Waals surface area contributed by atoms with E-state index in [0.717, 1.165) is 15.1 Å². The maximum absolute atomic E-state index is 12.3. The van der Waals surface area contributed by atoms with Crippen molar-refractivity contribution in [2.24, 2.45) is 17.3 Å². The lowest BCUT2D eigenvalue weighted by Gasteiger charge is -2.19. The number of thiophene rings is 1. The zero-order chi connectivity index (χ0) is 14.9. The average Bonchev–Trinajstić information content (AvgIpc) is 2.71. The number of fused-ring (bicyclic) bond motifs is 2. The maximum Gasteiger partial charge on any atom is 0.234 e. The van der Waals surface area contributed by atoms with Gasteiger partial charge < -0.3 is 0 Å². The molecule has 1 aliphatic carbocycles. The molecule has 1 aliphatic heterocycles. The largest absolute Gasteiger partial charge is 0.277 e. The van der Waals surface area contributed by atoms with Crippen molar-refractivity contribution < 1.29 is 9.59 Å². The van der Waals surface area contributed by atoms with Crippen molar-refractivity contribution in [3.63, 3.8) is 0 Å². The fourth-order valence-corrected chi connectivity index (χ4v) is 4.43. The number of carbonyl (C=O) groups is 2. The second kappa shape index (κ2) is 3.94. The smallest absolute Gasteiger partial charge is 0.234 e. The summed E-state index contributed by atoms with van der Waals surface area (Å²) < 4.78 is 0.914. The Labute approximate surface area is 127 Å². The summed E-state index contributed by atoms with van der Waals surface area (Å²) in [7, 11) is 5.92. The van der Waals surface area contributed by atoms with Crippen molar-refractivity contribution in [3.05, 3.63) is 23.2 Å². The van der Waals surface area contributed by atoms with Gasteiger partial charge in [0.1, 0.15) is 7.85 Å². The first-order chi connectivity index (χ1) is 9.91. The van der Waals surface area contributed by atoms with Crippen molar-refractivity contribution >= 4 is 46.7 Å². The molecule has 1 saturated carbocycles. The van der Waals surface area contributed by atoms with Gasteiger partial charge in [0.25, 0.3) is 0 Å². The molecule has 1 saturated heterocycles. The summed E-state index contributed by atoms with van der Waals surface area (Å²) in [6.07, 6.45) is 1.66. The number of pyridine rings is 1. The first-order valence-electron chi connectivity index (χ1n) is 6.89. The molecule has 2 amide bonds. The van der Waals surface area contributed by atoms with E-state index in [1.165, 1.54) is 16.2 Å². The van der Waals surface area contributed by atoms with Crippen LogP contribution in [0.1, 0.15) is 18.7 Å². The predicted octanol–water partition coefficient (Wildman–Crippen LogP) is 1.23. The molecule has 2 aromatic rings. The van der Waals surface area contributed by atoms with Crippen LogP contribution in [0.25, 0.3) is 10.2 Å². The van der Waals surface area contributed by atoms with Crippen LogP contribution in [0.2, 0.25) is 0 Å². The number of aromatic nitrogens is 1. The number of rotatable bonds is 2. The number of hydrogen-bond donors (Lipinski definition) is 0. The molecular weight excluding hydrogens is 283 g/mol. The van der Waals surface area contributed by atoms with Crippen molar-refractivity contribution in [1.29, 1.82) is 0 Å². The van der Waals surface area contributed by atoms with E-state index in [1.807, 2.05) is 19.9 Å². The fourth-order valence-electron chi connectivity index (χ4n) is 3.40. The van der Waals surface area contributed by atoms with Crippen LogP contribution in [0.4, 0.5) is 0 Å². The van der Waals surface area contributed by atoms with Crippen molar-refractivity contribution in [3.8, 4) is 0 Å². The summed E-state index contributed by atoms with van der Waals surface area (Å²) in [5.74, 6) is -0.313. The number of imide groups is 1. The molecule has 2 aromatic heterocycles. The van der Waals surface area contributed by atoms with Crippen LogP contribution in [-0.4, -0.2) is 29.5 Å². The van der Waals surface area contributed by atoms with Gasteiger partial charge in [-0.05, 0) is 17.5 Å². The van der Waals surface area contributed by atoms with Gasteiger partial charge in [-0.15, -0.1) is 11.3 Å². The summed E-state index contributed by atoms with van der Waals surface area (Å²) in [6.45, 7) is 4.31. The van der Waals surface area contributed by atoms with Crippen molar-refractivity contribution in [1.82, 2.24) is 9.88 Å². The zero-order valence-electron chi connectivity index (χ0n) is 11.8. The highest BCUT2D eigenvalue weighted by Crippen LogP contribution is 2.63. The third kappa shape index (κ3) is 1.65. The number of carbonyl (C=O) groups excluding carboxylic acids is 2. The van der Waals surface area contributed by atoms with Crippen molar-refractivity contribution in [2.45, 2.75) is 20.4 Å². The monoisotopic (exact) mass is 296 g/mol. The van der Waals surface area contributed by atoms with Crippen LogP contribution in [0, 0.1) is 17.3 Å². The van der Waals surface area contributed by atoms with E-state index < -0.39 is 0 Å². The van der Waals surface area contributed by atoms with Crippen LogP contribution in [0.3, 0.4) is 0 Å². The lowest BCUT2D eigenvalue weighted by Crippen LogP contribution is -2.35. The molecule has 3 heterocycles. The van der Waals surface area contributed by atoms with E-state index in [4.69, 9.17) is 7.85 Å². The van der Waals surface area contributed by atoms with Crippen LogP contribution in [0.5, 0.6) is 0 Å². The highest BCUT2D eigenvalue weighted by Gasteiger charge is 2.72. The zero-order valence-corrected chi connectivity index (χ0v) is 12.6. The number of likely N-dealkylation sites (tertiary alicyclic amines) is 1. The van der Waals surface area contributed by atoms with E-state index in [-0.39, 0.29) is 29.1 Å². The second-order valence-corrected chi connectivity index (χ2v) is 7.50. The highest BCUT2D eigenvalue weighted by molar-refractivity contribution is 7.20. The first kappa shape index (κ1) is 13.0. The van der Waals surface area contributed by atoms with Crippen LogP contribution < -0.4 is 5.46 Å². The SMILES string of the molecule is [B]c1ccnc2cc(CN3C(=O)C4C(C3=O)C4(C)C)sc12. The molecule has 0 bridgehead atoms. The molecule has 4 nitrogen and oxygen atoms in total. The summed E-state index contributed by atoms with van der Waals surface area (Å²) in [4.78, 5) is 31.3. The number of hydrogen-bond acceptors (Lipinski definition) is 4. The van der Waals surface area contributed by atoms with Gasteiger partial charge in [-0.1, -0.05) is 19.3 Å². The van der Waals surface area contributed by atoms with Crippen LogP contribution in [-0.2, 0) is 16.1 Å². The van der Waals surface area contributed by atoms with E-state index in [2.05, 4.69) is 4.98 Å². The second-order valence-electron chi connectivity index (χ2n) is 6.37. The van der Waals surface area contributed by atoms with Crippen LogP contribution in [0.15, 0.2) is 18.3 Å². The number of amides is 2. The Balaban J connectivity index is 1.63. The van der Waals surface area contributed by atoms with E-state index in [1.54, 1.807) is 12.3 Å². The summed E-state index contributed by atoms with van der Waals surface area (Å²) in [5.41, 5.74) is 1.34. The standard InChI is InChI=1S/C15H13BN2O2S/c1-15(2)10-11(15)14(20)18(13(10)19)6-7-5-9-12(21-7)8(16)3-4-17-9/h3-5,10-11H,6H2,1-2H3. The van der Waals surface area contributed by atoms with Gasteiger partial charge in [0.15, 0.2) is 0 Å². The Hall–Kier alpha value is -1.69. The molecule has 2 radical (unpaired) electrons. The molecule has 2 fully saturated rings. The van der Waals surface area contributed by atoms with E-state index >= 15 is 0 Å². The van der Waals surface area contributed by atoms with Gasteiger partial charge in [0, 0.05) is 15.8 Å². The third-order valence-electron chi connectivity index (χ3n) is 4.70. The van der Waals surface area contributed by atoms with Crippen LogP contribution >= 0.6 is 11.3 Å². The Morgan fingerprint density at radius 1 is 1.33 bits per heavy atom. The van der Waals surface area contributed by atoms with Gasteiger partial charge in [0.05, 0.1) is 23.9 Å². The van der Waals surface area contributed by atoms with Gasteiger partial charge in [-0.2, -0.15) is 0 Å². The molecule has 2 atom stereocenters. The minimum atomic E-state index is -0.156. The normalized spacial score (nSPS) is 26.5. The molecule has 2 unspecified atom stereocenters. The summed E-state index contributed by atoms with van der Waals surface area (Å²) in [5, 5.41) is 0. The molecule has 21 heavy (non-hydrogen) atoms. The molecule has 0 spiro atoms. The summed E-state index contributed by atoms with van der Waals surface area (Å²) >= 11 is 1.50. The van der Waals surface area contributed by atoms with Gasteiger partial charge in [-0.3, -0.25) is 19.5 Å². The minimum Gasteiger partial charge on any atom is -0.277 e. The number of piperidine rings is 1. The molecule has 104 valence electrons. The van der Waals surface area contributed by atoms with Gasteiger partial charge in [0.2, 0.25) is 11.8 Å². The number of nitrogens with zero attached hydrogens (tertiary/aromatic N) is 2. The Morgan fingerprint density at radius 3 is 2.62 bits per heavy atom. The quantitative estimate of drug-likeness (QED) is 0.619. The maximum atomic E-state index is 12.3. The Kier molecular flexibility index (Phi) is 2.44. The lowest BCUT2D eigenvalue weighted by atomic mass is 9.97. The minimum absolute atomic E-state index is 0.0339. The molecule has 0 aromatic carbocycles. The Morgan fingerprint density at radius 2 is 2.00 bits per heavy atom. The topological polar surface area (TPSA) is 50.3 Å². The molecule has 0 N–H and O–H groups in total. The molecular formula is C15H13BN2O2S. The van der Waals surface area contributed by atoms with Gasteiger partial charge >= 0.3 is 0 Å². The van der Waals surface area contributed by atoms with E-state index in [9.17, 15) is 9.59 Å². The highest BCUT2D eigenvalue weighted by atomic mass is 32.1. The fraction of sp³-hybridized carbons (Fsp3) is 0.400. The lowest BCUT2D eigenvalue weighted by molar-refractivity contribution is -0.143. The molecule has 4 rings (SSSR count). The summed E-state index contributed by atoms with van der Waals surface area (Å²) in [6, 6.07) is 3.67. The predicted molar refractivity (Wildman–Crippen MR) is 81.3 cm³/mol. The molecule has 6 heteroatoms. The van der Waals surface area contributed by atoms with Crippen molar-refractivity contribution in [2.75, 3.05) is 0 Å². The average molecular weight is 296 g/mol. The Bertz CT molecular complexity index is 774. The molecule has 2 aliphatic rings. The van der Waals surface area contributed by atoms with E-state index in [0.29, 0.717) is 12.0 Å². The van der Waals surface area contributed by atoms with Gasteiger partial charge in [-0.25, -0.2) is 0 Å². The third-order valence-corrected chi connectivity index (χ3v) is 5.86. The first-order valence-corrected chi connectivity index (χ1v) is 7.71.